The minimum Gasteiger partial charge on any atom is -0.481 e. The lowest BCUT2D eigenvalue weighted by Crippen LogP contribution is -2.50. The Kier molecular flexibility index (Phi) is 2.17. The molecule has 2 aliphatic carbocycles. The quantitative estimate of drug-likeness (QED) is 0.681. The number of carbonyl (C=O) groups is 2. The smallest absolute Gasteiger partial charge is 0.310 e. The minimum atomic E-state index is -0.780. The van der Waals surface area contributed by atoms with Crippen LogP contribution >= 0.6 is 0 Å². The Morgan fingerprint density at radius 1 is 1.43 bits per heavy atom. The Morgan fingerprint density at radius 3 is 2.57 bits per heavy atom. The summed E-state index contributed by atoms with van der Waals surface area (Å²) in [7, 11) is 0. The molecule has 0 aromatic carbocycles. The molecule has 0 saturated heterocycles. The van der Waals surface area contributed by atoms with Crippen LogP contribution in [0.4, 0.5) is 0 Å². The molecule has 3 nitrogen and oxygen atoms in total. The van der Waals surface area contributed by atoms with Crippen molar-refractivity contribution in [3.63, 3.8) is 0 Å². The van der Waals surface area contributed by atoms with Gasteiger partial charge in [0.1, 0.15) is 5.78 Å². The maximum Gasteiger partial charge on any atom is 0.310 e. The number of Topliss-reactive ketones (excluding diaryl/α,β-unsaturated/α-hetero) is 1. The van der Waals surface area contributed by atoms with Crippen molar-refractivity contribution in [2.45, 2.75) is 32.1 Å². The van der Waals surface area contributed by atoms with Crippen LogP contribution in [0.25, 0.3) is 0 Å². The van der Waals surface area contributed by atoms with E-state index in [0.29, 0.717) is 0 Å². The summed E-state index contributed by atoms with van der Waals surface area (Å²) >= 11 is 0. The van der Waals surface area contributed by atoms with E-state index in [1.165, 1.54) is 0 Å². The molecule has 1 unspecified atom stereocenters. The normalized spacial score (nSPS) is 29.7. The highest BCUT2D eigenvalue weighted by atomic mass is 16.4. The summed E-state index contributed by atoms with van der Waals surface area (Å²) in [6, 6.07) is 0. The molecule has 76 valence electrons. The summed E-state index contributed by atoms with van der Waals surface area (Å²) in [5, 5.41) is 9.18. The van der Waals surface area contributed by atoms with Gasteiger partial charge in [-0.25, -0.2) is 0 Å². The zero-order valence-electron chi connectivity index (χ0n) is 8.03. The van der Waals surface area contributed by atoms with Crippen molar-refractivity contribution >= 4 is 11.8 Å². The molecule has 2 aliphatic rings. The van der Waals surface area contributed by atoms with Crippen LogP contribution in [0.3, 0.4) is 0 Å². The summed E-state index contributed by atoms with van der Waals surface area (Å²) < 4.78 is 0. The van der Waals surface area contributed by atoms with E-state index in [1.807, 2.05) is 6.08 Å². The maximum atomic E-state index is 11.2. The van der Waals surface area contributed by atoms with E-state index in [2.05, 4.69) is 6.08 Å². The highest BCUT2D eigenvalue weighted by molar-refractivity contribution is 5.97. The summed E-state index contributed by atoms with van der Waals surface area (Å²) in [6.07, 6.45) is 7.32. The monoisotopic (exact) mass is 194 g/mol. The molecular weight excluding hydrogens is 180 g/mol. The van der Waals surface area contributed by atoms with Gasteiger partial charge in [0.2, 0.25) is 0 Å². The fourth-order valence-corrected chi connectivity index (χ4v) is 2.56. The molecule has 0 aromatic rings. The first-order chi connectivity index (χ1) is 6.65. The molecular formula is C11H14O3. The van der Waals surface area contributed by atoms with Crippen LogP contribution in [0.5, 0.6) is 0 Å². The third-order valence-electron chi connectivity index (χ3n) is 3.50. The van der Waals surface area contributed by atoms with Crippen molar-refractivity contribution in [3.8, 4) is 0 Å². The molecule has 0 heterocycles. The van der Waals surface area contributed by atoms with Crippen molar-refractivity contribution < 1.29 is 14.7 Å². The molecule has 0 amide bonds. The standard InChI is InChI=1S/C11H14O3/c12-9-6-11(7-9,10(13)14)8-4-2-1-3-5-8/h1-2,8H,3-7H2,(H,13,14). The Bertz CT molecular complexity index is 296. The van der Waals surface area contributed by atoms with Crippen LogP contribution in [-0.2, 0) is 9.59 Å². The topological polar surface area (TPSA) is 54.4 Å². The third-order valence-corrected chi connectivity index (χ3v) is 3.50. The molecule has 0 radical (unpaired) electrons. The average molecular weight is 194 g/mol. The van der Waals surface area contributed by atoms with Crippen molar-refractivity contribution in [2.24, 2.45) is 11.3 Å². The molecule has 0 spiro atoms. The molecule has 2 rings (SSSR count). The fraction of sp³-hybridized carbons (Fsp3) is 0.636. The van der Waals surface area contributed by atoms with E-state index in [4.69, 9.17) is 0 Å². The second-order valence-electron chi connectivity index (χ2n) is 4.33. The Balaban J connectivity index is 2.15. The predicted molar refractivity (Wildman–Crippen MR) is 50.8 cm³/mol. The first kappa shape index (κ1) is 9.44. The van der Waals surface area contributed by atoms with E-state index in [-0.39, 0.29) is 24.5 Å². The van der Waals surface area contributed by atoms with Crippen molar-refractivity contribution in [3.05, 3.63) is 12.2 Å². The zero-order chi connectivity index (χ0) is 10.2. The highest BCUT2D eigenvalue weighted by Gasteiger charge is 2.54. The van der Waals surface area contributed by atoms with Crippen LogP contribution in [0.2, 0.25) is 0 Å². The SMILES string of the molecule is O=C1CC(C(=O)O)(C2CC=CCC2)C1. The van der Waals surface area contributed by atoms with Gasteiger partial charge in [0, 0.05) is 12.8 Å². The first-order valence-corrected chi connectivity index (χ1v) is 5.05. The minimum absolute atomic E-state index is 0.0990. The number of aliphatic carboxylic acids is 1. The van der Waals surface area contributed by atoms with Gasteiger partial charge < -0.3 is 5.11 Å². The van der Waals surface area contributed by atoms with E-state index >= 15 is 0 Å². The highest BCUT2D eigenvalue weighted by Crippen LogP contribution is 2.49. The Morgan fingerprint density at radius 2 is 2.14 bits per heavy atom. The average Bonchev–Trinajstić information content (AvgIpc) is 2.13. The Hall–Kier alpha value is -1.12. The lowest BCUT2D eigenvalue weighted by molar-refractivity contribution is -0.166. The Labute approximate surface area is 82.8 Å². The number of allylic oxidation sites excluding steroid dienone is 2. The van der Waals surface area contributed by atoms with E-state index in [1.54, 1.807) is 0 Å². The van der Waals surface area contributed by atoms with Crippen LogP contribution in [0.1, 0.15) is 32.1 Å². The summed E-state index contributed by atoms with van der Waals surface area (Å²) in [4.78, 5) is 22.2. The van der Waals surface area contributed by atoms with Crippen molar-refractivity contribution in [1.82, 2.24) is 0 Å². The molecule has 0 aliphatic heterocycles. The molecule has 1 N–H and O–H groups in total. The van der Waals surface area contributed by atoms with Gasteiger partial charge in [0.15, 0.2) is 0 Å². The van der Waals surface area contributed by atoms with Gasteiger partial charge in [-0.2, -0.15) is 0 Å². The van der Waals surface area contributed by atoms with Gasteiger partial charge in [0.25, 0.3) is 0 Å². The number of carboxylic acid groups (broad SMARTS) is 1. The third kappa shape index (κ3) is 1.27. The summed E-state index contributed by atoms with van der Waals surface area (Å²) in [5.41, 5.74) is -0.720. The molecule has 0 aromatic heterocycles. The molecule has 14 heavy (non-hydrogen) atoms. The summed E-state index contributed by atoms with van der Waals surface area (Å²) in [5.74, 6) is -0.512. The van der Waals surface area contributed by atoms with E-state index < -0.39 is 11.4 Å². The van der Waals surface area contributed by atoms with Crippen LogP contribution in [0.15, 0.2) is 12.2 Å². The number of rotatable bonds is 2. The predicted octanol–water partition coefficient (Wildman–Crippen LogP) is 1.78. The molecule has 1 fully saturated rings. The number of hydrogen-bond donors (Lipinski definition) is 1. The number of carbonyl (C=O) groups excluding carboxylic acids is 1. The lowest BCUT2D eigenvalue weighted by Gasteiger charge is -2.43. The van der Waals surface area contributed by atoms with Crippen molar-refractivity contribution in [2.75, 3.05) is 0 Å². The number of hydrogen-bond acceptors (Lipinski definition) is 2. The second kappa shape index (κ2) is 3.23. The zero-order valence-corrected chi connectivity index (χ0v) is 8.03. The summed E-state index contributed by atoms with van der Waals surface area (Å²) in [6.45, 7) is 0. The molecule has 0 bridgehead atoms. The van der Waals surface area contributed by atoms with Gasteiger partial charge in [0.05, 0.1) is 5.41 Å². The van der Waals surface area contributed by atoms with E-state index in [9.17, 15) is 14.7 Å². The molecule has 3 heteroatoms. The van der Waals surface area contributed by atoms with Gasteiger partial charge in [-0.15, -0.1) is 0 Å². The number of ketones is 1. The molecule has 1 atom stereocenters. The van der Waals surface area contributed by atoms with Crippen LogP contribution < -0.4 is 0 Å². The van der Waals surface area contributed by atoms with Crippen molar-refractivity contribution in [1.29, 1.82) is 0 Å². The first-order valence-electron chi connectivity index (χ1n) is 5.05. The molecule has 1 saturated carbocycles. The second-order valence-corrected chi connectivity index (χ2v) is 4.33. The van der Waals surface area contributed by atoms with Crippen LogP contribution in [-0.4, -0.2) is 16.9 Å². The van der Waals surface area contributed by atoms with E-state index in [0.717, 1.165) is 19.3 Å². The van der Waals surface area contributed by atoms with Gasteiger partial charge >= 0.3 is 5.97 Å². The lowest BCUT2D eigenvalue weighted by atomic mass is 9.58. The van der Waals surface area contributed by atoms with Gasteiger partial charge in [-0.05, 0) is 25.2 Å². The number of carboxylic acids is 1. The largest absolute Gasteiger partial charge is 0.481 e. The van der Waals surface area contributed by atoms with Crippen LogP contribution in [0, 0.1) is 11.3 Å². The van der Waals surface area contributed by atoms with Gasteiger partial charge in [-0.3, -0.25) is 9.59 Å². The maximum absolute atomic E-state index is 11.2. The fourth-order valence-electron chi connectivity index (χ4n) is 2.56. The van der Waals surface area contributed by atoms with Gasteiger partial charge in [-0.1, -0.05) is 12.2 Å².